The Balaban J connectivity index is 2.29. The van der Waals surface area contributed by atoms with Crippen LogP contribution >= 0.6 is 0 Å². The first kappa shape index (κ1) is 8.57. The first-order valence-electron chi connectivity index (χ1n) is 4.77. The lowest BCUT2D eigenvalue weighted by molar-refractivity contribution is 0.337. The fourth-order valence-corrected chi connectivity index (χ4v) is 1.74. The molecule has 0 spiro atoms. The molecule has 1 unspecified atom stereocenters. The van der Waals surface area contributed by atoms with Gasteiger partial charge in [0, 0.05) is 11.5 Å². The number of hydrogen-bond acceptors (Lipinski definition) is 2. The van der Waals surface area contributed by atoms with Crippen LogP contribution in [-0.4, -0.2) is 13.2 Å². The minimum absolute atomic E-state index is 0.543. The molecule has 2 rings (SSSR count). The minimum atomic E-state index is 0.543. The summed E-state index contributed by atoms with van der Waals surface area (Å²) < 4.78 is 5.56. The van der Waals surface area contributed by atoms with Crippen molar-refractivity contribution in [1.82, 2.24) is 0 Å². The minimum Gasteiger partial charge on any atom is -0.493 e. The van der Waals surface area contributed by atoms with Crippen LogP contribution in [0.15, 0.2) is 18.2 Å². The lowest BCUT2D eigenvalue weighted by atomic mass is 10.0. The molecule has 0 fully saturated rings. The third-order valence-corrected chi connectivity index (χ3v) is 2.53. The van der Waals surface area contributed by atoms with Crippen LogP contribution in [-0.2, 0) is 6.42 Å². The summed E-state index contributed by atoms with van der Waals surface area (Å²) in [6.07, 6.45) is 0.936. The Labute approximate surface area is 78.7 Å². The topological polar surface area (TPSA) is 35.2 Å². The molecule has 0 bridgehead atoms. The summed E-state index contributed by atoms with van der Waals surface area (Å²) in [4.78, 5) is 0. The Morgan fingerprint density at radius 3 is 3.15 bits per heavy atom. The molecular formula is C11H15NO. The van der Waals surface area contributed by atoms with Gasteiger partial charge in [0.25, 0.3) is 0 Å². The van der Waals surface area contributed by atoms with E-state index in [-0.39, 0.29) is 0 Å². The molecule has 0 aliphatic carbocycles. The zero-order valence-electron chi connectivity index (χ0n) is 7.92. The normalized spacial score (nSPS) is 19.7. The van der Waals surface area contributed by atoms with Gasteiger partial charge in [0.2, 0.25) is 0 Å². The van der Waals surface area contributed by atoms with Crippen molar-refractivity contribution in [3.05, 3.63) is 29.3 Å². The van der Waals surface area contributed by atoms with Crippen molar-refractivity contribution in [2.45, 2.75) is 19.3 Å². The lowest BCUT2D eigenvalue weighted by Gasteiger charge is -2.03. The third-order valence-electron chi connectivity index (χ3n) is 2.53. The summed E-state index contributed by atoms with van der Waals surface area (Å²) in [5.74, 6) is 1.60. The van der Waals surface area contributed by atoms with E-state index in [1.807, 2.05) is 0 Å². The number of rotatable bonds is 2. The highest BCUT2D eigenvalue weighted by molar-refractivity contribution is 5.42. The Morgan fingerprint density at radius 2 is 2.38 bits per heavy atom. The summed E-state index contributed by atoms with van der Waals surface area (Å²) in [5, 5.41) is 0. The van der Waals surface area contributed by atoms with Crippen molar-refractivity contribution in [3.63, 3.8) is 0 Å². The van der Waals surface area contributed by atoms with Gasteiger partial charge in [0.05, 0.1) is 6.61 Å². The van der Waals surface area contributed by atoms with Crippen LogP contribution in [0.5, 0.6) is 5.75 Å². The Kier molecular flexibility index (Phi) is 2.23. The molecular weight excluding hydrogens is 162 g/mol. The van der Waals surface area contributed by atoms with Crippen LogP contribution in [0.4, 0.5) is 0 Å². The molecule has 0 saturated carbocycles. The van der Waals surface area contributed by atoms with Gasteiger partial charge in [0.15, 0.2) is 0 Å². The summed E-state index contributed by atoms with van der Waals surface area (Å²) in [7, 11) is 0. The van der Waals surface area contributed by atoms with E-state index in [0.717, 1.165) is 18.8 Å². The van der Waals surface area contributed by atoms with E-state index in [0.29, 0.717) is 12.5 Å². The summed E-state index contributed by atoms with van der Waals surface area (Å²) >= 11 is 0. The molecule has 0 aromatic heterocycles. The molecule has 70 valence electrons. The maximum Gasteiger partial charge on any atom is 0.123 e. The fraction of sp³-hybridized carbons (Fsp3) is 0.455. The lowest BCUT2D eigenvalue weighted by Crippen LogP contribution is -2.02. The summed E-state index contributed by atoms with van der Waals surface area (Å²) in [6, 6.07) is 6.43. The zero-order chi connectivity index (χ0) is 9.26. The first-order chi connectivity index (χ1) is 6.31. The predicted molar refractivity (Wildman–Crippen MR) is 53.1 cm³/mol. The van der Waals surface area contributed by atoms with E-state index in [9.17, 15) is 0 Å². The molecule has 2 nitrogen and oxygen atoms in total. The van der Waals surface area contributed by atoms with Gasteiger partial charge in [-0.25, -0.2) is 0 Å². The predicted octanol–water partition coefficient (Wildman–Crippen LogP) is 1.68. The molecule has 2 N–H and O–H groups in total. The van der Waals surface area contributed by atoms with E-state index in [4.69, 9.17) is 10.5 Å². The highest BCUT2D eigenvalue weighted by Gasteiger charge is 2.19. The van der Waals surface area contributed by atoms with Gasteiger partial charge in [-0.15, -0.1) is 0 Å². The Morgan fingerprint density at radius 1 is 1.54 bits per heavy atom. The van der Waals surface area contributed by atoms with E-state index in [2.05, 4.69) is 25.1 Å². The van der Waals surface area contributed by atoms with Crippen LogP contribution < -0.4 is 10.5 Å². The van der Waals surface area contributed by atoms with Gasteiger partial charge in [-0.2, -0.15) is 0 Å². The highest BCUT2D eigenvalue weighted by Crippen LogP contribution is 2.33. The molecule has 1 atom stereocenters. The standard InChI is InChI=1S/C11H15NO/c1-8-7-13-11-6-9(4-5-12)2-3-10(8)11/h2-3,6,8H,4-5,7,12H2,1H3. The second-order valence-electron chi connectivity index (χ2n) is 3.62. The van der Waals surface area contributed by atoms with Crippen molar-refractivity contribution in [3.8, 4) is 5.75 Å². The van der Waals surface area contributed by atoms with Crippen LogP contribution in [0.2, 0.25) is 0 Å². The number of nitrogens with two attached hydrogens (primary N) is 1. The van der Waals surface area contributed by atoms with Crippen molar-refractivity contribution in [2.75, 3.05) is 13.2 Å². The highest BCUT2D eigenvalue weighted by atomic mass is 16.5. The van der Waals surface area contributed by atoms with Gasteiger partial charge in [-0.1, -0.05) is 19.1 Å². The molecule has 0 radical (unpaired) electrons. The molecule has 1 aliphatic rings. The summed E-state index contributed by atoms with van der Waals surface area (Å²) in [5.41, 5.74) is 8.10. The van der Waals surface area contributed by atoms with Gasteiger partial charge >= 0.3 is 0 Å². The largest absolute Gasteiger partial charge is 0.493 e. The van der Waals surface area contributed by atoms with Gasteiger partial charge < -0.3 is 10.5 Å². The molecule has 1 aromatic carbocycles. The molecule has 2 heteroatoms. The van der Waals surface area contributed by atoms with Crippen LogP contribution in [0.25, 0.3) is 0 Å². The second-order valence-corrected chi connectivity index (χ2v) is 3.62. The quantitative estimate of drug-likeness (QED) is 0.746. The van der Waals surface area contributed by atoms with E-state index in [1.165, 1.54) is 11.1 Å². The first-order valence-corrected chi connectivity index (χ1v) is 4.77. The summed E-state index contributed by atoms with van der Waals surface area (Å²) in [6.45, 7) is 3.71. The van der Waals surface area contributed by atoms with Crippen molar-refractivity contribution in [1.29, 1.82) is 0 Å². The monoisotopic (exact) mass is 177 g/mol. The van der Waals surface area contributed by atoms with E-state index < -0.39 is 0 Å². The average molecular weight is 177 g/mol. The molecule has 0 amide bonds. The van der Waals surface area contributed by atoms with Crippen LogP contribution in [0.3, 0.4) is 0 Å². The van der Waals surface area contributed by atoms with Gasteiger partial charge in [-0.3, -0.25) is 0 Å². The molecule has 13 heavy (non-hydrogen) atoms. The second kappa shape index (κ2) is 3.38. The maximum absolute atomic E-state index is 5.56. The third kappa shape index (κ3) is 1.54. The molecule has 1 aliphatic heterocycles. The number of ether oxygens (including phenoxy) is 1. The van der Waals surface area contributed by atoms with Crippen LogP contribution in [0.1, 0.15) is 24.0 Å². The van der Waals surface area contributed by atoms with E-state index >= 15 is 0 Å². The van der Waals surface area contributed by atoms with Gasteiger partial charge in [0.1, 0.15) is 5.75 Å². The van der Waals surface area contributed by atoms with Crippen LogP contribution in [0, 0.1) is 0 Å². The Bertz CT molecular complexity index is 309. The number of benzene rings is 1. The number of fused-ring (bicyclic) bond motifs is 1. The Hall–Kier alpha value is -1.02. The fourth-order valence-electron chi connectivity index (χ4n) is 1.74. The smallest absolute Gasteiger partial charge is 0.123 e. The van der Waals surface area contributed by atoms with Gasteiger partial charge in [-0.05, 0) is 24.6 Å². The van der Waals surface area contributed by atoms with Crippen molar-refractivity contribution in [2.24, 2.45) is 5.73 Å². The maximum atomic E-state index is 5.56. The molecule has 0 saturated heterocycles. The molecule has 1 heterocycles. The molecule has 1 aromatic rings. The number of hydrogen-bond donors (Lipinski definition) is 1. The van der Waals surface area contributed by atoms with Crippen molar-refractivity contribution < 1.29 is 4.74 Å². The average Bonchev–Trinajstić information content (AvgIpc) is 2.48. The SMILES string of the molecule is CC1COc2cc(CCN)ccc21. The van der Waals surface area contributed by atoms with E-state index in [1.54, 1.807) is 0 Å². The zero-order valence-corrected chi connectivity index (χ0v) is 7.92. The van der Waals surface area contributed by atoms with Crippen molar-refractivity contribution >= 4 is 0 Å².